The van der Waals surface area contributed by atoms with Gasteiger partial charge >= 0.3 is 0 Å². The zero-order valence-corrected chi connectivity index (χ0v) is 12.5. The highest BCUT2D eigenvalue weighted by Gasteiger charge is 2.31. The van der Waals surface area contributed by atoms with Crippen molar-refractivity contribution in [2.45, 2.75) is 76.1 Å². The quantitative estimate of drug-likeness (QED) is 0.899. The fourth-order valence-corrected chi connectivity index (χ4v) is 3.81. The minimum Gasteiger partial charge on any atom is -0.378 e. The summed E-state index contributed by atoms with van der Waals surface area (Å²) in [6, 6.07) is 1.83. The Bertz CT molecular complexity index is 390. The summed E-state index contributed by atoms with van der Waals surface area (Å²) in [6.07, 6.45) is 15.1. The van der Waals surface area contributed by atoms with Crippen LogP contribution in [0.2, 0.25) is 0 Å². The van der Waals surface area contributed by atoms with Gasteiger partial charge < -0.3 is 14.6 Å². The molecule has 1 aliphatic heterocycles. The molecule has 4 nitrogen and oxygen atoms in total. The van der Waals surface area contributed by atoms with Crippen LogP contribution in [0.1, 0.15) is 57.9 Å². The van der Waals surface area contributed by atoms with E-state index in [1.165, 1.54) is 38.5 Å². The normalized spacial score (nSPS) is 34.5. The largest absolute Gasteiger partial charge is 0.378 e. The molecule has 1 aromatic heterocycles. The summed E-state index contributed by atoms with van der Waals surface area (Å²) in [4.78, 5) is 4.20. The van der Waals surface area contributed by atoms with Crippen LogP contribution >= 0.6 is 0 Å². The van der Waals surface area contributed by atoms with Crippen LogP contribution in [0.5, 0.6) is 0 Å². The number of aromatic nitrogens is 2. The van der Waals surface area contributed by atoms with Gasteiger partial charge in [-0.3, -0.25) is 0 Å². The summed E-state index contributed by atoms with van der Waals surface area (Å²) in [5.74, 6) is 0. The number of imidazole rings is 1. The van der Waals surface area contributed by atoms with Crippen molar-refractivity contribution in [3.05, 3.63) is 18.7 Å². The van der Waals surface area contributed by atoms with Gasteiger partial charge in [0.1, 0.15) is 0 Å². The Balaban J connectivity index is 1.56. The molecule has 2 fully saturated rings. The van der Waals surface area contributed by atoms with Crippen LogP contribution in [-0.2, 0) is 4.74 Å². The summed E-state index contributed by atoms with van der Waals surface area (Å²) in [7, 11) is 0. The van der Waals surface area contributed by atoms with Gasteiger partial charge in [0.05, 0.1) is 12.4 Å². The third-order valence-corrected chi connectivity index (χ3v) is 4.82. The van der Waals surface area contributed by atoms with E-state index in [9.17, 15) is 0 Å². The van der Waals surface area contributed by atoms with Gasteiger partial charge in [-0.1, -0.05) is 13.3 Å². The highest BCUT2D eigenvalue weighted by molar-refractivity contribution is 4.93. The van der Waals surface area contributed by atoms with E-state index in [4.69, 9.17) is 4.74 Å². The number of ether oxygens (including phenoxy) is 1. The molecule has 0 aromatic carbocycles. The number of nitrogens with zero attached hydrogens (tertiary/aromatic N) is 2. The van der Waals surface area contributed by atoms with Crippen molar-refractivity contribution in [3.63, 3.8) is 0 Å². The van der Waals surface area contributed by atoms with Crippen molar-refractivity contribution >= 4 is 0 Å². The predicted molar refractivity (Wildman–Crippen MR) is 79.7 cm³/mol. The highest BCUT2D eigenvalue weighted by atomic mass is 16.5. The average Bonchev–Trinajstić information content (AvgIpc) is 3.10. The Morgan fingerprint density at radius 1 is 1.35 bits per heavy atom. The van der Waals surface area contributed by atoms with E-state index in [2.05, 4.69) is 28.0 Å². The molecule has 112 valence electrons. The Morgan fingerprint density at radius 2 is 2.30 bits per heavy atom. The van der Waals surface area contributed by atoms with Gasteiger partial charge in [-0.05, 0) is 38.5 Å². The van der Waals surface area contributed by atoms with Crippen LogP contribution in [0.4, 0.5) is 0 Å². The molecule has 1 N–H and O–H groups in total. The molecule has 0 bridgehead atoms. The Kier molecular flexibility index (Phi) is 4.73. The summed E-state index contributed by atoms with van der Waals surface area (Å²) >= 11 is 0. The molecule has 1 aromatic rings. The second-order valence-corrected chi connectivity index (χ2v) is 6.28. The first-order valence-corrected chi connectivity index (χ1v) is 8.22. The number of hydrogen-bond acceptors (Lipinski definition) is 3. The SMILES string of the molecule is CCCC1CC(NC2CCCC2n2ccnc2)CCO1. The molecule has 0 radical (unpaired) electrons. The summed E-state index contributed by atoms with van der Waals surface area (Å²) in [6.45, 7) is 3.16. The van der Waals surface area contributed by atoms with E-state index in [-0.39, 0.29) is 0 Å². The first-order chi connectivity index (χ1) is 9.86. The minimum atomic E-state index is 0.472. The number of hydrogen-bond donors (Lipinski definition) is 1. The van der Waals surface area contributed by atoms with Crippen LogP contribution in [0, 0.1) is 0 Å². The maximum atomic E-state index is 5.86. The van der Waals surface area contributed by atoms with Gasteiger partial charge in [-0.25, -0.2) is 4.98 Å². The molecule has 0 spiro atoms. The lowest BCUT2D eigenvalue weighted by Gasteiger charge is -2.34. The smallest absolute Gasteiger partial charge is 0.0949 e. The van der Waals surface area contributed by atoms with E-state index in [1.54, 1.807) is 0 Å². The molecule has 0 amide bonds. The average molecular weight is 277 g/mol. The van der Waals surface area contributed by atoms with E-state index in [0.29, 0.717) is 24.2 Å². The van der Waals surface area contributed by atoms with E-state index in [1.807, 2.05) is 12.5 Å². The standard InChI is InChI=1S/C16H27N3O/c1-2-4-14-11-13(7-10-20-14)18-15-5-3-6-16(15)19-9-8-17-12-19/h8-9,12-16,18H,2-7,10-11H2,1H3. The van der Waals surface area contributed by atoms with E-state index >= 15 is 0 Å². The second kappa shape index (κ2) is 6.72. The fraction of sp³-hybridized carbons (Fsp3) is 0.812. The van der Waals surface area contributed by atoms with Crippen LogP contribution in [0.3, 0.4) is 0 Å². The summed E-state index contributed by atoms with van der Waals surface area (Å²) in [5.41, 5.74) is 0. The molecule has 1 saturated heterocycles. The van der Waals surface area contributed by atoms with Crippen molar-refractivity contribution in [2.24, 2.45) is 0 Å². The third-order valence-electron chi connectivity index (χ3n) is 4.82. The highest BCUT2D eigenvalue weighted by Crippen LogP contribution is 2.31. The predicted octanol–water partition coefficient (Wildman–Crippen LogP) is 2.91. The van der Waals surface area contributed by atoms with Crippen LogP contribution in [0.25, 0.3) is 0 Å². The Morgan fingerprint density at radius 3 is 3.10 bits per heavy atom. The van der Waals surface area contributed by atoms with Gasteiger partial charge in [0.15, 0.2) is 0 Å². The molecule has 1 aliphatic carbocycles. The van der Waals surface area contributed by atoms with Crippen LogP contribution < -0.4 is 5.32 Å². The van der Waals surface area contributed by atoms with Gasteiger partial charge in [-0.15, -0.1) is 0 Å². The fourth-order valence-electron chi connectivity index (χ4n) is 3.81. The Hall–Kier alpha value is -0.870. The minimum absolute atomic E-state index is 0.472. The summed E-state index contributed by atoms with van der Waals surface area (Å²) in [5, 5.41) is 3.92. The van der Waals surface area contributed by atoms with Gasteiger partial charge in [0.2, 0.25) is 0 Å². The van der Waals surface area contributed by atoms with Crippen molar-refractivity contribution in [3.8, 4) is 0 Å². The second-order valence-electron chi connectivity index (χ2n) is 6.28. The van der Waals surface area contributed by atoms with Gasteiger partial charge in [-0.2, -0.15) is 0 Å². The zero-order chi connectivity index (χ0) is 13.8. The monoisotopic (exact) mass is 277 g/mol. The molecular formula is C16H27N3O. The van der Waals surface area contributed by atoms with E-state index in [0.717, 1.165) is 13.0 Å². The lowest BCUT2D eigenvalue weighted by molar-refractivity contribution is -0.00566. The maximum absolute atomic E-state index is 5.86. The Labute approximate surface area is 121 Å². The van der Waals surface area contributed by atoms with E-state index < -0.39 is 0 Å². The van der Waals surface area contributed by atoms with Crippen LogP contribution in [-0.4, -0.2) is 34.3 Å². The lowest BCUT2D eigenvalue weighted by atomic mass is 9.98. The van der Waals surface area contributed by atoms with Crippen molar-refractivity contribution < 1.29 is 4.74 Å². The molecule has 4 heteroatoms. The number of rotatable bonds is 5. The molecule has 1 saturated carbocycles. The van der Waals surface area contributed by atoms with Crippen LogP contribution in [0.15, 0.2) is 18.7 Å². The lowest BCUT2D eigenvalue weighted by Crippen LogP contribution is -2.45. The first kappa shape index (κ1) is 14.1. The van der Waals surface area contributed by atoms with Crippen molar-refractivity contribution in [1.82, 2.24) is 14.9 Å². The molecule has 4 unspecified atom stereocenters. The van der Waals surface area contributed by atoms with Crippen molar-refractivity contribution in [2.75, 3.05) is 6.61 Å². The van der Waals surface area contributed by atoms with Crippen molar-refractivity contribution in [1.29, 1.82) is 0 Å². The first-order valence-electron chi connectivity index (χ1n) is 8.22. The molecule has 2 aliphatic rings. The molecule has 3 rings (SSSR count). The van der Waals surface area contributed by atoms with Gasteiger partial charge in [0, 0.05) is 37.1 Å². The zero-order valence-electron chi connectivity index (χ0n) is 12.5. The topological polar surface area (TPSA) is 39.1 Å². The summed E-state index contributed by atoms with van der Waals surface area (Å²) < 4.78 is 8.14. The third kappa shape index (κ3) is 3.23. The number of nitrogens with one attached hydrogen (secondary N) is 1. The molecule has 2 heterocycles. The molecular weight excluding hydrogens is 250 g/mol. The molecule has 4 atom stereocenters. The molecule has 20 heavy (non-hydrogen) atoms. The van der Waals surface area contributed by atoms with Gasteiger partial charge in [0.25, 0.3) is 0 Å². The maximum Gasteiger partial charge on any atom is 0.0949 e.